The molecule has 0 bridgehead atoms. The van der Waals surface area contributed by atoms with Crippen molar-refractivity contribution < 1.29 is 17.9 Å². The number of alkyl halides is 3. The van der Waals surface area contributed by atoms with E-state index in [1.54, 1.807) is 6.07 Å². The van der Waals surface area contributed by atoms with Gasteiger partial charge in [-0.2, -0.15) is 0 Å². The third kappa shape index (κ3) is 4.43. The lowest BCUT2D eigenvalue weighted by molar-refractivity contribution is -0.274. The van der Waals surface area contributed by atoms with E-state index in [1.165, 1.54) is 23.3 Å². The molecule has 0 aliphatic heterocycles. The number of aryl methyl sites for hydroxylation is 1. The monoisotopic (exact) mass is 392 g/mol. The van der Waals surface area contributed by atoms with Crippen LogP contribution in [0.3, 0.4) is 0 Å². The Hall–Kier alpha value is -3.27. The fourth-order valence-electron chi connectivity index (χ4n) is 3.39. The first-order chi connectivity index (χ1) is 13.9. The maximum absolute atomic E-state index is 12.4. The summed E-state index contributed by atoms with van der Waals surface area (Å²) in [7, 11) is 0. The Morgan fingerprint density at radius 3 is 1.69 bits per heavy atom. The molecule has 0 fully saturated rings. The Balaban J connectivity index is 1.59. The van der Waals surface area contributed by atoms with Gasteiger partial charge in [0.25, 0.3) is 0 Å². The van der Waals surface area contributed by atoms with Crippen LogP contribution in [0.5, 0.6) is 5.75 Å². The molecule has 4 aromatic carbocycles. The number of benzene rings is 4. The minimum absolute atomic E-state index is 0.212. The maximum Gasteiger partial charge on any atom is 0.573 e. The number of ether oxygens (including phenoxy) is 1. The van der Waals surface area contributed by atoms with Gasteiger partial charge in [0.15, 0.2) is 0 Å². The Labute approximate surface area is 167 Å². The van der Waals surface area contributed by atoms with Crippen molar-refractivity contribution in [2.75, 3.05) is 0 Å². The lowest BCUT2D eigenvalue weighted by atomic mass is 9.98. The Morgan fingerprint density at radius 1 is 0.621 bits per heavy atom. The van der Waals surface area contributed by atoms with Crippen molar-refractivity contribution in [3.8, 4) is 28.0 Å². The fraction of sp³-hybridized carbons (Fsp3) is 0.120. The van der Waals surface area contributed by atoms with Gasteiger partial charge in [0, 0.05) is 0 Å². The molecule has 0 heterocycles. The summed E-state index contributed by atoms with van der Waals surface area (Å²) in [6, 6.07) is 26.9. The van der Waals surface area contributed by atoms with Crippen molar-refractivity contribution >= 4 is 10.8 Å². The van der Waals surface area contributed by atoms with Gasteiger partial charge in [-0.3, -0.25) is 0 Å². The highest BCUT2D eigenvalue weighted by atomic mass is 19.4. The molecule has 0 atom stereocenters. The van der Waals surface area contributed by atoms with Crippen molar-refractivity contribution in [2.45, 2.75) is 19.7 Å². The summed E-state index contributed by atoms with van der Waals surface area (Å²) in [5, 5.41) is 1.55. The van der Waals surface area contributed by atoms with Crippen molar-refractivity contribution in [1.29, 1.82) is 0 Å². The molecule has 0 saturated carbocycles. The number of rotatable bonds is 4. The molecule has 146 valence electrons. The Kier molecular flexibility index (Phi) is 5.01. The van der Waals surface area contributed by atoms with Gasteiger partial charge >= 0.3 is 6.36 Å². The number of hydrogen-bond donors (Lipinski definition) is 0. The highest BCUT2D eigenvalue weighted by Gasteiger charge is 2.31. The average Bonchev–Trinajstić information content (AvgIpc) is 2.72. The molecule has 4 rings (SSSR count). The van der Waals surface area contributed by atoms with E-state index in [-0.39, 0.29) is 5.75 Å². The van der Waals surface area contributed by atoms with Gasteiger partial charge in [0.05, 0.1) is 0 Å². The van der Waals surface area contributed by atoms with E-state index < -0.39 is 6.36 Å². The van der Waals surface area contributed by atoms with Gasteiger partial charge in [-0.1, -0.05) is 73.7 Å². The Bertz CT molecular complexity index is 1130. The van der Waals surface area contributed by atoms with Crippen molar-refractivity contribution in [1.82, 2.24) is 0 Å². The normalized spacial score (nSPS) is 11.6. The average molecular weight is 392 g/mol. The zero-order valence-electron chi connectivity index (χ0n) is 15.8. The third-order valence-electron chi connectivity index (χ3n) is 4.96. The summed E-state index contributed by atoms with van der Waals surface area (Å²) in [6.07, 6.45) is -3.67. The van der Waals surface area contributed by atoms with Crippen LogP contribution in [0.2, 0.25) is 0 Å². The molecule has 0 radical (unpaired) electrons. The second-order valence-corrected chi connectivity index (χ2v) is 6.90. The number of halogens is 3. The quantitative estimate of drug-likeness (QED) is 0.347. The van der Waals surface area contributed by atoms with E-state index in [0.29, 0.717) is 5.39 Å². The molecule has 4 aromatic rings. The summed E-state index contributed by atoms with van der Waals surface area (Å²) >= 11 is 0. The van der Waals surface area contributed by atoms with Crippen molar-refractivity contribution in [2.24, 2.45) is 0 Å². The molecular formula is C25H19F3O. The van der Waals surface area contributed by atoms with Crippen LogP contribution >= 0.6 is 0 Å². The van der Waals surface area contributed by atoms with Crippen LogP contribution in [0.15, 0.2) is 84.9 Å². The highest BCUT2D eigenvalue weighted by molar-refractivity contribution is 5.88. The molecular weight excluding hydrogens is 373 g/mol. The summed E-state index contributed by atoms with van der Waals surface area (Å²) in [5.74, 6) is -0.212. The second kappa shape index (κ2) is 7.63. The zero-order valence-corrected chi connectivity index (χ0v) is 15.8. The van der Waals surface area contributed by atoms with E-state index in [2.05, 4.69) is 60.2 Å². The summed E-state index contributed by atoms with van der Waals surface area (Å²) in [5.41, 5.74) is 5.69. The molecule has 0 saturated heterocycles. The first-order valence-corrected chi connectivity index (χ1v) is 9.40. The molecule has 0 amide bonds. The van der Waals surface area contributed by atoms with E-state index >= 15 is 0 Å². The van der Waals surface area contributed by atoms with Crippen LogP contribution < -0.4 is 4.74 Å². The van der Waals surface area contributed by atoms with E-state index in [0.717, 1.165) is 28.5 Å². The van der Waals surface area contributed by atoms with Crippen LogP contribution in [0, 0.1) is 0 Å². The minimum atomic E-state index is -4.69. The van der Waals surface area contributed by atoms with E-state index in [1.807, 2.05) is 18.2 Å². The SMILES string of the molecule is CCc1ccc(-c2ccc(-c3ccc4cc(OC(F)(F)F)ccc4c3)cc2)cc1. The summed E-state index contributed by atoms with van der Waals surface area (Å²) in [6.45, 7) is 2.14. The fourth-order valence-corrected chi connectivity index (χ4v) is 3.39. The number of fused-ring (bicyclic) bond motifs is 1. The molecule has 4 heteroatoms. The minimum Gasteiger partial charge on any atom is -0.406 e. The maximum atomic E-state index is 12.4. The largest absolute Gasteiger partial charge is 0.573 e. The van der Waals surface area contributed by atoms with Crippen LogP contribution in [0.25, 0.3) is 33.0 Å². The van der Waals surface area contributed by atoms with Crippen molar-refractivity contribution in [3.63, 3.8) is 0 Å². The van der Waals surface area contributed by atoms with Crippen LogP contribution in [-0.2, 0) is 6.42 Å². The van der Waals surface area contributed by atoms with Crippen LogP contribution in [0.1, 0.15) is 12.5 Å². The van der Waals surface area contributed by atoms with Gasteiger partial charge in [0.1, 0.15) is 5.75 Å². The van der Waals surface area contributed by atoms with Gasteiger partial charge in [-0.25, -0.2) is 0 Å². The number of hydrogen-bond acceptors (Lipinski definition) is 1. The van der Waals surface area contributed by atoms with E-state index in [4.69, 9.17) is 0 Å². The molecule has 0 aromatic heterocycles. The molecule has 0 spiro atoms. The topological polar surface area (TPSA) is 9.23 Å². The summed E-state index contributed by atoms with van der Waals surface area (Å²) < 4.78 is 41.2. The predicted octanol–water partition coefficient (Wildman–Crippen LogP) is 7.63. The molecule has 1 nitrogen and oxygen atoms in total. The van der Waals surface area contributed by atoms with Gasteiger partial charge in [-0.15, -0.1) is 13.2 Å². The molecule has 0 N–H and O–H groups in total. The van der Waals surface area contributed by atoms with Gasteiger partial charge < -0.3 is 4.74 Å². The van der Waals surface area contributed by atoms with E-state index in [9.17, 15) is 13.2 Å². The second-order valence-electron chi connectivity index (χ2n) is 6.90. The first kappa shape index (κ1) is 19.1. The predicted molar refractivity (Wildman–Crippen MR) is 111 cm³/mol. The van der Waals surface area contributed by atoms with Gasteiger partial charge in [-0.05, 0) is 63.2 Å². The molecule has 0 aliphatic carbocycles. The molecule has 0 aliphatic rings. The highest BCUT2D eigenvalue weighted by Crippen LogP contribution is 2.30. The van der Waals surface area contributed by atoms with Crippen molar-refractivity contribution in [3.05, 3.63) is 90.5 Å². The lowest BCUT2D eigenvalue weighted by Gasteiger charge is -2.10. The first-order valence-electron chi connectivity index (χ1n) is 9.40. The summed E-state index contributed by atoms with van der Waals surface area (Å²) in [4.78, 5) is 0. The standard InChI is InChI=1S/C25H19F3O/c1-2-17-3-5-18(6-4-17)19-7-9-20(10-8-19)21-11-12-23-16-24(29-25(26,27)28)14-13-22(23)15-21/h3-16H,2H2,1H3. The Morgan fingerprint density at radius 2 is 1.10 bits per heavy atom. The van der Waals surface area contributed by atoms with Gasteiger partial charge in [0.2, 0.25) is 0 Å². The smallest absolute Gasteiger partial charge is 0.406 e. The molecule has 29 heavy (non-hydrogen) atoms. The van der Waals surface area contributed by atoms with Crippen LogP contribution in [-0.4, -0.2) is 6.36 Å². The third-order valence-corrected chi connectivity index (χ3v) is 4.96. The van der Waals surface area contributed by atoms with Crippen LogP contribution in [0.4, 0.5) is 13.2 Å². The molecule has 0 unspecified atom stereocenters. The lowest BCUT2D eigenvalue weighted by Crippen LogP contribution is -2.16. The zero-order chi connectivity index (χ0) is 20.4.